The Morgan fingerprint density at radius 1 is 1.14 bits per heavy atom. The summed E-state index contributed by atoms with van der Waals surface area (Å²) in [4.78, 5) is 26.4. The Morgan fingerprint density at radius 3 is 2.60 bits per heavy atom. The van der Waals surface area contributed by atoms with Gasteiger partial charge in [0.15, 0.2) is 0 Å². The van der Waals surface area contributed by atoms with E-state index in [0.717, 1.165) is 0 Å². The highest BCUT2D eigenvalue weighted by Gasteiger charge is 2.28. The van der Waals surface area contributed by atoms with E-state index in [2.05, 4.69) is 27.3 Å². The lowest BCUT2D eigenvalue weighted by Gasteiger charge is -2.32. The van der Waals surface area contributed by atoms with Crippen LogP contribution in [0.5, 0.6) is 11.5 Å². The number of anilines is 1. The summed E-state index contributed by atoms with van der Waals surface area (Å²) >= 11 is 13.5. The van der Waals surface area contributed by atoms with Crippen LogP contribution in [0.4, 0.5) is 5.95 Å². The number of hydrogen-bond acceptors (Lipinski definition) is 10. The summed E-state index contributed by atoms with van der Waals surface area (Å²) < 4.78 is 23.6. The van der Waals surface area contributed by atoms with Crippen LogP contribution in [0.3, 0.4) is 0 Å². The molecule has 1 fully saturated rings. The summed E-state index contributed by atoms with van der Waals surface area (Å²) in [6.07, 6.45) is 7.15. The lowest BCUT2D eigenvalue weighted by atomic mass is 10.0. The Bertz CT molecular complexity index is 1620. The largest absolute Gasteiger partial charge is 0.495 e. The number of hydrogen-bond donors (Lipinski definition) is 2. The van der Waals surface area contributed by atoms with E-state index in [1.165, 1.54) is 20.3 Å². The number of pyridine rings is 1. The summed E-state index contributed by atoms with van der Waals surface area (Å²) in [7, 11) is 4.66. The molecule has 0 spiro atoms. The van der Waals surface area contributed by atoms with Gasteiger partial charge in [-0.05, 0) is 18.6 Å². The van der Waals surface area contributed by atoms with Crippen molar-refractivity contribution >= 4 is 46.0 Å². The van der Waals surface area contributed by atoms with Gasteiger partial charge in [0.2, 0.25) is 11.9 Å². The molecule has 1 aliphatic rings. The maximum Gasteiger partial charge on any atom is 0.243 e. The number of ether oxygens (including phenoxy) is 4. The predicted molar refractivity (Wildman–Crippen MR) is 164 cm³/mol. The highest BCUT2D eigenvalue weighted by Crippen LogP contribution is 2.46. The molecular formula is C29H31Cl2N7O5. The molecule has 0 bridgehead atoms. The van der Waals surface area contributed by atoms with E-state index in [1.807, 2.05) is 6.20 Å². The van der Waals surface area contributed by atoms with E-state index in [0.29, 0.717) is 83.7 Å². The lowest BCUT2D eigenvalue weighted by Crippen LogP contribution is -2.52. The third-order valence-corrected chi connectivity index (χ3v) is 7.76. The summed E-state index contributed by atoms with van der Waals surface area (Å²) in [6, 6.07) is 2.98. The van der Waals surface area contributed by atoms with Crippen LogP contribution < -0.4 is 20.1 Å². The first-order valence-corrected chi connectivity index (χ1v) is 14.2. The topological polar surface area (TPSA) is 135 Å². The van der Waals surface area contributed by atoms with Crippen molar-refractivity contribution in [2.45, 2.75) is 25.0 Å². The number of nitrogens with one attached hydrogen (secondary N) is 2. The molecule has 5 rings (SSSR count). The van der Waals surface area contributed by atoms with Crippen LogP contribution in [0, 0.1) is 0 Å². The van der Waals surface area contributed by atoms with Gasteiger partial charge in [-0.3, -0.25) is 9.48 Å². The highest BCUT2D eigenvalue weighted by atomic mass is 35.5. The van der Waals surface area contributed by atoms with Crippen LogP contribution in [0.25, 0.3) is 33.4 Å². The third kappa shape index (κ3) is 6.52. The molecule has 14 heteroatoms. The second-order valence-electron chi connectivity index (χ2n) is 9.69. The van der Waals surface area contributed by atoms with Gasteiger partial charge in [-0.2, -0.15) is 5.10 Å². The number of halogens is 2. The molecule has 2 N–H and O–H groups in total. The standard InChI is InChI=1S/C29H31Cl2N7O5/c1-5-23(39)34-18-6-8-43-15-20(18)36-29-32-12-16-10-19(24-25(30)21(41-3)11-22(42-4)26(24)31)35-28(27(16)37-29)17-13-33-38(14-17)7-9-40-2/h5,10-14,18,20H,1,6-9,15H2,2-4H3,(H,34,39)(H,32,36,37)/t18-,20+/m0/s1. The molecule has 1 aromatic carbocycles. The van der Waals surface area contributed by atoms with Crippen LogP contribution in [0.2, 0.25) is 10.0 Å². The number of fused-ring (bicyclic) bond motifs is 1. The molecule has 3 aromatic heterocycles. The number of benzene rings is 1. The Labute approximate surface area is 258 Å². The predicted octanol–water partition coefficient (Wildman–Crippen LogP) is 4.40. The van der Waals surface area contributed by atoms with Gasteiger partial charge in [0.05, 0.1) is 68.0 Å². The lowest BCUT2D eigenvalue weighted by molar-refractivity contribution is -0.117. The first-order valence-electron chi connectivity index (χ1n) is 13.4. The minimum atomic E-state index is -0.260. The third-order valence-electron chi connectivity index (χ3n) is 7.01. The Morgan fingerprint density at radius 2 is 1.91 bits per heavy atom. The smallest absolute Gasteiger partial charge is 0.243 e. The van der Waals surface area contributed by atoms with Crippen molar-refractivity contribution in [3.8, 4) is 34.0 Å². The van der Waals surface area contributed by atoms with Crippen molar-refractivity contribution in [1.29, 1.82) is 0 Å². The monoisotopic (exact) mass is 627 g/mol. The average Bonchev–Trinajstić information content (AvgIpc) is 3.49. The molecular weight excluding hydrogens is 597 g/mol. The van der Waals surface area contributed by atoms with Crippen molar-refractivity contribution in [3.63, 3.8) is 0 Å². The number of aromatic nitrogens is 5. The molecule has 1 aliphatic heterocycles. The van der Waals surface area contributed by atoms with Gasteiger partial charge >= 0.3 is 0 Å². The normalized spacial score (nSPS) is 16.6. The molecule has 0 aliphatic carbocycles. The summed E-state index contributed by atoms with van der Waals surface area (Å²) in [5.41, 5.74) is 2.73. The van der Waals surface area contributed by atoms with Gasteiger partial charge in [-0.1, -0.05) is 29.8 Å². The van der Waals surface area contributed by atoms with Crippen LogP contribution in [0.15, 0.2) is 43.4 Å². The van der Waals surface area contributed by atoms with Crippen LogP contribution in [0.1, 0.15) is 6.42 Å². The molecule has 226 valence electrons. The summed E-state index contributed by atoms with van der Waals surface area (Å²) in [5, 5.41) is 12.0. The van der Waals surface area contributed by atoms with Crippen LogP contribution in [-0.4, -0.2) is 83.9 Å². The van der Waals surface area contributed by atoms with Gasteiger partial charge < -0.3 is 29.6 Å². The SMILES string of the molecule is C=CC(=O)N[C@H]1CCOC[C@H]1Nc1ncc2cc(-c3c(Cl)c(OC)cc(OC)c3Cl)nc(-c3cnn(CCOC)c3)c2n1. The summed E-state index contributed by atoms with van der Waals surface area (Å²) in [6.45, 7) is 5.49. The van der Waals surface area contributed by atoms with Crippen molar-refractivity contribution in [2.75, 3.05) is 46.5 Å². The number of nitrogens with zero attached hydrogens (tertiary/aromatic N) is 5. The fourth-order valence-corrected chi connectivity index (χ4v) is 5.50. The van der Waals surface area contributed by atoms with Crippen molar-refractivity contribution < 1.29 is 23.7 Å². The minimum Gasteiger partial charge on any atom is -0.495 e. The highest BCUT2D eigenvalue weighted by molar-refractivity contribution is 6.41. The molecule has 4 aromatic rings. The zero-order valence-corrected chi connectivity index (χ0v) is 25.4. The first-order chi connectivity index (χ1) is 20.9. The van der Waals surface area contributed by atoms with Gasteiger partial charge in [0.25, 0.3) is 0 Å². The van der Waals surface area contributed by atoms with Crippen LogP contribution >= 0.6 is 23.2 Å². The van der Waals surface area contributed by atoms with E-state index in [1.54, 1.807) is 36.3 Å². The molecule has 4 heterocycles. The molecule has 2 atom stereocenters. The molecule has 1 saturated heterocycles. The molecule has 0 saturated carbocycles. The maximum absolute atomic E-state index is 12.0. The number of rotatable bonds is 11. The second-order valence-corrected chi connectivity index (χ2v) is 10.4. The van der Waals surface area contributed by atoms with E-state index < -0.39 is 0 Å². The number of methoxy groups -OCH3 is 3. The second kappa shape index (κ2) is 13.6. The van der Waals surface area contributed by atoms with E-state index in [9.17, 15) is 4.79 Å². The molecule has 0 radical (unpaired) electrons. The van der Waals surface area contributed by atoms with Crippen molar-refractivity contribution in [2.24, 2.45) is 0 Å². The van der Waals surface area contributed by atoms with E-state index >= 15 is 0 Å². The Balaban J connectivity index is 1.63. The fourth-order valence-electron chi connectivity index (χ4n) is 4.80. The zero-order valence-electron chi connectivity index (χ0n) is 23.9. The van der Waals surface area contributed by atoms with E-state index in [4.69, 9.17) is 52.1 Å². The molecule has 1 amide bonds. The zero-order chi connectivity index (χ0) is 30.5. The van der Waals surface area contributed by atoms with Crippen LogP contribution in [-0.2, 0) is 20.8 Å². The van der Waals surface area contributed by atoms with Crippen molar-refractivity contribution in [1.82, 2.24) is 30.0 Å². The van der Waals surface area contributed by atoms with Gasteiger partial charge in [0, 0.05) is 48.7 Å². The maximum atomic E-state index is 12.0. The number of carbonyl (C=O) groups excluding carboxylic acids is 1. The van der Waals surface area contributed by atoms with Crippen molar-refractivity contribution in [3.05, 3.63) is 53.4 Å². The van der Waals surface area contributed by atoms with Gasteiger partial charge in [0.1, 0.15) is 22.7 Å². The van der Waals surface area contributed by atoms with Gasteiger partial charge in [-0.15, -0.1) is 0 Å². The summed E-state index contributed by atoms with van der Waals surface area (Å²) in [5.74, 6) is 0.867. The molecule has 0 unspecified atom stereocenters. The Kier molecular flexibility index (Phi) is 9.61. The first kappa shape index (κ1) is 30.5. The minimum absolute atomic E-state index is 0.190. The van der Waals surface area contributed by atoms with Gasteiger partial charge in [-0.25, -0.2) is 15.0 Å². The number of amides is 1. The van der Waals surface area contributed by atoms with E-state index in [-0.39, 0.29) is 28.0 Å². The quantitative estimate of drug-likeness (QED) is 0.230. The molecule has 43 heavy (non-hydrogen) atoms. The fraction of sp³-hybridized carbons (Fsp3) is 0.345. The number of carbonyl (C=O) groups is 1. The Hall–Kier alpha value is -3.97. The average molecular weight is 629 g/mol. The molecule has 12 nitrogen and oxygen atoms in total.